The largest absolute Gasteiger partial charge is 0.493 e. The van der Waals surface area contributed by atoms with Crippen molar-refractivity contribution in [2.24, 2.45) is 0 Å². The van der Waals surface area contributed by atoms with E-state index in [0.717, 1.165) is 30.2 Å². The molecule has 4 nitrogen and oxygen atoms in total. The normalized spacial score (nSPS) is 10.8. The fourth-order valence-corrected chi connectivity index (χ4v) is 1.98. The third-order valence-electron chi connectivity index (χ3n) is 2.99. The van der Waals surface area contributed by atoms with Gasteiger partial charge in [0.2, 0.25) is 0 Å². The van der Waals surface area contributed by atoms with Crippen molar-refractivity contribution in [1.29, 1.82) is 0 Å². The van der Waals surface area contributed by atoms with Crippen LogP contribution in [0.1, 0.15) is 24.8 Å². The molecule has 2 aromatic rings. The van der Waals surface area contributed by atoms with Gasteiger partial charge in [-0.25, -0.2) is 4.79 Å². The summed E-state index contributed by atoms with van der Waals surface area (Å²) in [6.07, 6.45) is 2.64. The quantitative estimate of drug-likeness (QED) is 0.642. The number of fused-ring (bicyclic) bond motifs is 1. The molecule has 0 unspecified atom stereocenters. The fraction of sp³-hybridized carbons (Fsp3) is 0.400. The van der Waals surface area contributed by atoms with E-state index in [9.17, 15) is 4.79 Å². The number of unbranched alkanes of at least 4 members (excludes halogenated alkanes) is 2. The van der Waals surface area contributed by atoms with Crippen LogP contribution in [0.5, 0.6) is 5.75 Å². The second-order valence-electron chi connectivity index (χ2n) is 4.54. The van der Waals surface area contributed by atoms with Crippen molar-refractivity contribution in [2.45, 2.75) is 26.2 Å². The van der Waals surface area contributed by atoms with E-state index in [0.29, 0.717) is 17.9 Å². The Morgan fingerprint density at radius 3 is 2.84 bits per heavy atom. The predicted molar refractivity (Wildman–Crippen MR) is 73.7 cm³/mol. The second kappa shape index (κ2) is 6.38. The average molecular weight is 262 g/mol. The Kier molecular flexibility index (Phi) is 4.58. The van der Waals surface area contributed by atoms with E-state index < -0.39 is 0 Å². The highest BCUT2D eigenvalue weighted by Crippen LogP contribution is 2.22. The molecule has 0 saturated carbocycles. The first-order chi connectivity index (χ1) is 9.20. The molecule has 0 saturated heterocycles. The number of hydrogen-bond donors (Lipinski definition) is 1. The van der Waals surface area contributed by atoms with E-state index in [1.807, 2.05) is 19.1 Å². The van der Waals surface area contributed by atoms with Crippen LogP contribution in [0.3, 0.4) is 0 Å². The lowest BCUT2D eigenvalue weighted by Crippen LogP contribution is -2.00. The summed E-state index contributed by atoms with van der Waals surface area (Å²) in [5.41, 5.74) is 1.11. The van der Waals surface area contributed by atoms with E-state index >= 15 is 0 Å². The molecule has 1 N–H and O–H groups in total. The third kappa shape index (κ3) is 3.58. The minimum Gasteiger partial charge on any atom is -0.493 e. The van der Waals surface area contributed by atoms with Gasteiger partial charge in [-0.15, -0.1) is 0 Å². The zero-order valence-electron chi connectivity index (χ0n) is 11.0. The number of hydrogen-bond acceptors (Lipinski definition) is 4. The van der Waals surface area contributed by atoms with Gasteiger partial charge in [-0.1, -0.05) is 0 Å². The Labute approximate surface area is 111 Å². The molecule has 4 heteroatoms. The molecule has 0 aliphatic carbocycles. The van der Waals surface area contributed by atoms with Gasteiger partial charge < -0.3 is 14.3 Å². The van der Waals surface area contributed by atoms with Crippen LogP contribution in [0, 0.1) is 6.92 Å². The van der Waals surface area contributed by atoms with Gasteiger partial charge in [-0.2, -0.15) is 0 Å². The van der Waals surface area contributed by atoms with Crippen molar-refractivity contribution >= 4 is 11.0 Å². The van der Waals surface area contributed by atoms with Crippen LogP contribution in [0.25, 0.3) is 11.0 Å². The molecule has 19 heavy (non-hydrogen) atoms. The van der Waals surface area contributed by atoms with Gasteiger partial charge in [0.15, 0.2) is 0 Å². The second-order valence-corrected chi connectivity index (χ2v) is 4.54. The molecule has 0 radical (unpaired) electrons. The minimum absolute atomic E-state index is 0.223. The molecule has 0 spiro atoms. The van der Waals surface area contributed by atoms with Gasteiger partial charge in [0.1, 0.15) is 11.3 Å². The van der Waals surface area contributed by atoms with Crippen molar-refractivity contribution in [3.8, 4) is 5.75 Å². The van der Waals surface area contributed by atoms with E-state index in [-0.39, 0.29) is 12.2 Å². The van der Waals surface area contributed by atoms with Crippen molar-refractivity contribution in [3.05, 3.63) is 40.2 Å². The molecule has 0 atom stereocenters. The summed E-state index contributed by atoms with van der Waals surface area (Å²) in [7, 11) is 0. The molecule has 0 fully saturated rings. The van der Waals surface area contributed by atoms with Crippen LogP contribution >= 0.6 is 0 Å². The van der Waals surface area contributed by atoms with Gasteiger partial charge in [0.25, 0.3) is 0 Å². The van der Waals surface area contributed by atoms with Crippen LogP contribution in [-0.2, 0) is 0 Å². The molecule has 0 amide bonds. The molecule has 1 aromatic carbocycles. The Balaban J connectivity index is 2.07. The Morgan fingerprint density at radius 1 is 1.21 bits per heavy atom. The van der Waals surface area contributed by atoms with E-state index in [2.05, 4.69) is 0 Å². The molecule has 0 aliphatic heterocycles. The first-order valence-corrected chi connectivity index (χ1v) is 6.49. The lowest BCUT2D eigenvalue weighted by atomic mass is 10.1. The molecular formula is C15H18O4. The SMILES string of the molecule is Cc1cc(=O)oc2cc(OCCCCCO)ccc12. The van der Waals surface area contributed by atoms with Gasteiger partial charge in [-0.3, -0.25) is 0 Å². The zero-order valence-corrected chi connectivity index (χ0v) is 11.0. The van der Waals surface area contributed by atoms with Crippen LogP contribution in [0.15, 0.2) is 33.5 Å². The standard InChI is InChI=1S/C15H18O4/c1-11-9-15(17)19-14-10-12(5-6-13(11)14)18-8-4-2-3-7-16/h5-6,9-10,16H,2-4,7-8H2,1H3. The van der Waals surface area contributed by atoms with Crippen LogP contribution < -0.4 is 10.4 Å². The highest BCUT2D eigenvalue weighted by Gasteiger charge is 2.03. The van der Waals surface area contributed by atoms with E-state index in [4.69, 9.17) is 14.3 Å². The molecule has 1 heterocycles. The summed E-state index contributed by atoms with van der Waals surface area (Å²) in [6.45, 7) is 2.70. The molecule has 1 aromatic heterocycles. The monoisotopic (exact) mass is 262 g/mol. The Morgan fingerprint density at radius 2 is 2.05 bits per heavy atom. The number of ether oxygens (including phenoxy) is 1. The topological polar surface area (TPSA) is 59.7 Å². The molecular weight excluding hydrogens is 244 g/mol. The van der Waals surface area contributed by atoms with Crippen molar-refractivity contribution in [3.63, 3.8) is 0 Å². The van der Waals surface area contributed by atoms with Crippen LogP contribution in [-0.4, -0.2) is 18.3 Å². The smallest absolute Gasteiger partial charge is 0.336 e. The van der Waals surface area contributed by atoms with Gasteiger partial charge in [-0.05, 0) is 43.9 Å². The summed E-state index contributed by atoms with van der Waals surface area (Å²) < 4.78 is 10.8. The summed E-state index contributed by atoms with van der Waals surface area (Å²) in [5, 5.41) is 9.59. The van der Waals surface area contributed by atoms with Gasteiger partial charge in [0.05, 0.1) is 6.61 Å². The van der Waals surface area contributed by atoms with Gasteiger partial charge >= 0.3 is 5.63 Å². The summed E-state index contributed by atoms with van der Waals surface area (Å²) in [6, 6.07) is 7.01. The van der Waals surface area contributed by atoms with Crippen LogP contribution in [0.4, 0.5) is 0 Å². The lowest BCUT2D eigenvalue weighted by molar-refractivity contribution is 0.266. The fourth-order valence-electron chi connectivity index (χ4n) is 1.98. The Hall–Kier alpha value is -1.81. The van der Waals surface area contributed by atoms with Crippen LogP contribution in [0.2, 0.25) is 0 Å². The number of aryl methyl sites for hydroxylation is 1. The molecule has 2 rings (SSSR count). The van der Waals surface area contributed by atoms with E-state index in [1.165, 1.54) is 6.07 Å². The minimum atomic E-state index is -0.343. The zero-order chi connectivity index (χ0) is 13.7. The summed E-state index contributed by atoms with van der Waals surface area (Å²) in [4.78, 5) is 11.3. The molecule has 0 bridgehead atoms. The maximum absolute atomic E-state index is 11.3. The summed E-state index contributed by atoms with van der Waals surface area (Å²) >= 11 is 0. The maximum Gasteiger partial charge on any atom is 0.336 e. The predicted octanol–water partition coefficient (Wildman–Crippen LogP) is 2.64. The van der Waals surface area contributed by atoms with E-state index in [1.54, 1.807) is 6.07 Å². The molecule has 102 valence electrons. The number of aliphatic hydroxyl groups is 1. The first kappa shape index (κ1) is 13.6. The van der Waals surface area contributed by atoms with Gasteiger partial charge in [0, 0.05) is 24.1 Å². The molecule has 0 aliphatic rings. The number of rotatable bonds is 6. The van der Waals surface area contributed by atoms with Crippen molar-refractivity contribution in [1.82, 2.24) is 0 Å². The lowest BCUT2D eigenvalue weighted by Gasteiger charge is -2.07. The highest BCUT2D eigenvalue weighted by molar-refractivity contribution is 5.81. The average Bonchev–Trinajstić information content (AvgIpc) is 2.38. The maximum atomic E-state index is 11.3. The van der Waals surface area contributed by atoms with Crippen molar-refractivity contribution in [2.75, 3.05) is 13.2 Å². The number of aliphatic hydroxyl groups excluding tert-OH is 1. The highest BCUT2D eigenvalue weighted by atomic mass is 16.5. The first-order valence-electron chi connectivity index (χ1n) is 6.49. The summed E-state index contributed by atoms with van der Waals surface area (Å²) in [5.74, 6) is 0.699. The van der Waals surface area contributed by atoms with Crippen molar-refractivity contribution < 1.29 is 14.3 Å². The Bertz CT molecular complexity index is 601. The number of benzene rings is 1. The third-order valence-corrected chi connectivity index (χ3v) is 2.99.